The lowest BCUT2D eigenvalue weighted by Crippen LogP contribution is -2.38. The van der Waals surface area contributed by atoms with Crippen molar-refractivity contribution in [3.63, 3.8) is 0 Å². The molecule has 0 atom stereocenters. The first-order valence-electron chi connectivity index (χ1n) is 9.55. The van der Waals surface area contributed by atoms with Gasteiger partial charge in [-0.2, -0.15) is 5.10 Å². The summed E-state index contributed by atoms with van der Waals surface area (Å²) < 4.78 is 27.0. The zero-order valence-corrected chi connectivity index (χ0v) is 17.8. The summed E-state index contributed by atoms with van der Waals surface area (Å²) in [6.45, 7) is 0.877. The van der Waals surface area contributed by atoms with Gasteiger partial charge in [0.2, 0.25) is 10.0 Å². The van der Waals surface area contributed by atoms with Crippen molar-refractivity contribution in [3.05, 3.63) is 35.6 Å². The number of anilines is 1. The number of H-pyrrole nitrogens is 1. The molecule has 3 aromatic heterocycles. The van der Waals surface area contributed by atoms with E-state index < -0.39 is 10.0 Å². The van der Waals surface area contributed by atoms with Crippen LogP contribution in [0.2, 0.25) is 5.02 Å². The van der Waals surface area contributed by atoms with E-state index >= 15 is 0 Å². The van der Waals surface area contributed by atoms with Crippen molar-refractivity contribution in [1.82, 2.24) is 29.0 Å². The summed E-state index contributed by atoms with van der Waals surface area (Å²) in [5, 5.41) is 6.93. The van der Waals surface area contributed by atoms with Crippen LogP contribution in [-0.4, -0.2) is 56.8 Å². The number of nitrogens with one attached hydrogen (secondary N) is 1. The number of aromatic nitrogens is 5. The number of para-hydroxylation sites is 1. The van der Waals surface area contributed by atoms with Crippen LogP contribution in [0.3, 0.4) is 0 Å². The molecule has 0 bridgehead atoms. The van der Waals surface area contributed by atoms with Crippen LogP contribution >= 0.6 is 11.6 Å². The van der Waals surface area contributed by atoms with Gasteiger partial charge in [0.15, 0.2) is 5.65 Å². The van der Waals surface area contributed by atoms with Gasteiger partial charge in [-0.05, 0) is 18.9 Å². The maximum absolute atomic E-state index is 11.8. The number of halogens is 1. The maximum Gasteiger partial charge on any atom is 0.211 e. The van der Waals surface area contributed by atoms with Crippen molar-refractivity contribution in [2.24, 2.45) is 0 Å². The van der Waals surface area contributed by atoms with Gasteiger partial charge in [-0.1, -0.05) is 29.8 Å². The van der Waals surface area contributed by atoms with Gasteiger partial charge in [0.05, 0.1) is 28.4 Å². The first kappa shape index (κ1) is 19.3. The van der Waals surface area contributed by atoms with Crippen LogP contribution in [-0.2, 0) is 10.0 Å². The molecule has 1 aliphatic heterocycles. The second-order valence-corrected chi connectivity index (χ2v) is 9.86. The Morgan fingerprint density at radius 1 is 1.20 bits per heavy atom. The van der Waals surface area contributed by atoms with Crippen LogP contribution in [0.5, 0.6) is 0 Å². The topological polar surface area (TPSA) is 123 Å². The molecule has 0 unspecified atom stereocenters. The van der Waals surface area contributed by atoms with E-state index in [2.05, 4.69) is 15.0 Å². The minimum Gasteiger partial charge on any atom is -0.383 e. The summed E-state index contributed by atoms with van der Waals surface area (Å²) in [7, 11) is -3.20. The van der Waals surface area contributed by atoms with E-state index in [-0.39, 0.29) is 6.04 Å². The predicted molar refractivity (Wildman–Crippen MR) is 117 cm³/mol. The summed E-state index contributed by atoms with van der Waals surface area (Å²) in [5.74, 6) is 0.324. The van der Waals surface area contributed by atoms with Gasteiger partial charge in [-0.15, -0.1) is 0 Å². The van der Waals surface area contributed by atoms with Crippen LogP contribution in [0, 0.1) is 0 Å². The Hall–Kier alpha value is -2.69. The number of piperidine rings is 1. The summed E-state index contributed by atoms with van der Waals surface area (Å²) in [5.41, 5.74) is 8.98. The highest BCUT2D eigenvalue weighted by Gasteiger charge is 2.30. The van der Waals surface area contributed by atoms with Crippen molar-refractivity contribution >= 4 is 49.4 Å². The van der Waals surface area contributed by atoms with Crippen molar-refractivity contribution in [1.29, 1.82) is 0 Å². The number of nitrogens with two attached hydrogens (primary N) is 1. The molecule has 9 nitrogen and oxygen atoms in total. The first-order chi connectivity index (χ1) is 14.3. The largest absolute Gasteiger partial charge is 0.383 e. The SMILES string of the molecule is CS(=O)(=O)N1CCC(n2nc(-c3[nH]c4ccccc4c3Cl)c3c(N)ncnc32)CC1. The number of fused-ring (bicyclic) bond motifs is 2. The fraction of sp³-hybridized carbons (Fsp3) is 0.316. The number of nitrogens with zero attached hydrogens (tertiary/aromatic N) is 5. The van der Waals surface area contributed by atoms with Crippen LogP contribution in [0.25, 0.3) is 33.3 Å². The van der Waals surface area contributed by atoms with Crippen LogP contribution in [0.4, 0.5) is 5.82 Å². The molecule has 5 rings (SSSR count). The molecule has 4 heterocycles. The Kier molecular flexibility index (Phi) is 4.46. The summed E-state index contributed by atoms with van der Waals surface area (Å²) in [4.78, 5) is 11.9. The lowest BCUT2D eigenvalue weighted by Gasteiger charge is -2.30. The maximum atomic E-state index is 11.8. The zero-order valence-electron chi connectivity index (χ0n) is 16.2. The summed E-state index contributed by atoms with van der Waals surface area (Å²) in [6, 6.07) is 7.75. The average molecular weight is 446 g/mol. The summed E-state index contributed by atoms with van der Waals surface area (Å²) >= 11 is 6.67. The molecule has 0 aliphatic carbocycles. The molecule has 156 valence electrons. The highest BCUT2D eigenvalue weighted by molar-refractivity contribution is 7.88. The molecule has 30 heavy (non-hydrogen) atoms. The van der Waals surface area contributed by atoms with E-state index in [1.807, 2.05) is 28.9 Å². The third-order valence-electron chi connectivity index (χ3n) is 5.64. The molecule has 1 saturated heterocycles. The Morgan fingerprint density at radius 3 is 2.63 bits per heavy atom. The quantitative estimate of drug-likeness (QED) is 0.499. The number of benzene rings is 1. The van der Waals surface area contributed by atoms with Crippen molar-refractivity contribution in [2.75, 3.05) is 25.1 Å². The van der Waals surface area contributed by atoms with Gasteiger partial charge in [-0.3, -0.25) is 0 Å². The first-order valence-corrected chi connectivity index (χ1v) is 11.8. The van der Waals surface area contributed by atoms with Crippen molar-refractivity contribution in [2.45, 2.75) is 18.9 Å². The molecular weight excluding hydrogens is 426 g/mol. The Labute approximate surface area is 177 Å². The monoisotopic (exact) mass is 445 g/mol. The van der Waals surface area contributed by atoms with E-state index in [1.54, 1.807) is 0 Å². The minimum atomic E-state index is -3.20. The zero-order chi connectivity index (χ0) is 21.0. The molecule has 1 aromatic carbocycles. The Morgan fingerprint density at radius 2 is 1.93 bits per heavy atom. The number of nitrogen functional groups attached to an aromatic ring is 1. The number of rotatable bonds is 3. The highest BCUT2D eigenvalue weighted by Crippen LogP contribution is 2.39. The second kappa shape index (κ2) is 6.93. The molecule has 11 heteroatoms. The van der Waals surface area contributed by atoms with Gasteiger partial charge in [0.1, 0.15) is 17.8 Å². The molecular formula is C19H20ClN7O2S. The third-order valence-corrected chi connectivity index (χ3v) is 7.33. The van der Waals surface area contributed by atoms with Crippen molar-refractivity contribution < 1.29 is 8.42 Å². The molecule has 0 spiro atoms. The molecule has 0 saturated carbocycles. The Bertz CT molecular complexity index is 1370. The Balaban J connectivity index is 1.64. The molecule has 1 fully saturated rings. The molecule has 3 N–H and O–H groups in total. The van der Waals surface area contributed by atoms with Gasteiger partial charge in [0.25, 0.3) is 0 Å². The molecule has 1 aliphatic rings. The van der Waals surface area contributed by atoms with E-state index in [9.17, 15) is 8.42 Å². The van der Waals surface area contributed by atoms with Crippen LogP contribution < -0.4 is 5.73 Å². The second-order valence-electron chi connectivity index (χ2n) is 7.50. The van der Waals surface area contributed by atoms with Gasteiger partial charge >= 0.3 is 0 Å². The number of hydrogen-bond donors (Lipinski definition) is 2. The lowest BCUT2D eigenvalue weighted by atomic mass is 10.1. The number of aromatic amines is 1. The molecule has 4 aromatic rings. The van der Waals surface area contributed by atoms with E-state index in [0.29, 0.717) is 59.2 Å². The highest BCUT2D eigenvalue weighted by atomic mass is 35.5. The molecule has 0 amide bonds. The van der Waals surface area contributed by atoms with Crippen molar-refractivity contribution in [3.8, 4) is 11.4 Å². The number of hydrogen-bond acceptors (Lipinski definition) is 6. The van der Waals surface area contributed by atoms with Gasteiger partial charge in [0, 0.05) is 24.0 Å². The minimum absolute atomic E-state index is 0.00305. The fourth-order valence-corrected chi connectivity index (χ4v) is 5.29. The standard InChI is InChI=1S/C19H20ClN7O2S/c1-30(28,29)26-8-6-11(7-9-26)27-19-14(18(21)22-10-23-19)16(25-27)17-15(20)12-4-2-3-5-13(12)24-17/h2-5,10-11,24H,6-9H2,1H3,(H2,21,22,23). The van der Waals surface area contributed by atoms with E-state index in [4.69, 9.17) is 22.4 Å². The van der Waals surface area contributed by atoms with Crippen LogP contribution in [0.15, 0.2) is 30.6 Å². The normalized spacial score (nSPS) is 16.6. The number of sulfonamides is 1. The van der Waals surface area contributed by atoms with E-state index in [1.165, 1.54) is 16.9 Å². The van der Waals surface area contributed by atoms with Gasteiger partial charge in [-0.25, -0.2) is 27.4 Å². The fourth-order valence-electron chi connectivity index (χ4n) is 4.11. The lowest BCUT2D eigenvalue weighted by molar-refractivity contribution is 0.266. The van der Waals surface area contributed by atoms with Gasteiger partial charge < -0.3 is 10.7 Å². The smallest absolute Gasteiger partial charge is 0.211 e. The van der Waals surface area contributed by atoms with E-state index in [0.717, 1.165) is 10.9 Å². The predicted octanol–water partition coefficient (Wildman–Crippen LogP) is 2.81. The summed E-state index contributed by atoms with van der Waals surface area (Å²) in [6.07, 6.45) is 3.92. The third kappa shape index (κ3) is 3.03. The average Bonchev–Trinajstić information content (AvgIpc) is 3.27. The van der Waals surface area contributed by atoms with Crippen LogP contribution in [0.1, 0.15) is 18.9 Å². The molecule has 0 radical (unpaired) electrons.